The second-order valence-electron chi connectivity index (χ2n) is 9.20. The van der Waals surface area contributed by atoms with Gasteiger partial charge in [0.25, 0.3) is 5.91 Å². The fraction of sp³-hybridized carbons (Fsp3) is 0.440. The Balaban J connectivity index is 1.32. The largest absolute Gasteiger partial charge is 0.369 e. The standard InChI is InChI=1S/C25H32N6OS/c1-17(2)30-12-10-21(20-7-5-6-8-22(20)30)27-25(32)23-15-24(18(3)28(23)4)33-29-13-14-31-19(16-29)9-11-26-31/h5-9,11,15,17,21H,10,12-14,16H2,1-4H3,(H,27,32). The van der Waals surface area contributed by atoms with Gasteiger partial charge in [-0.05, 0) is 62.9 Å². The third-order valence-corrected chi connectivity index (χ3v) is 8.04. The van der Waals surface area contributed by atoms with Gasteiger partial charge >= 0.3 is 0 Å². The highest BCUT2D eigenvalue weighted by molar-refractivity contribution is 7.97. The van der Waals surface area contributed by atoms with Crippen LogP contribution in [0.25, 0.3) is 0 Å². The van der Waals surface area contributed by atoms with Gasteiger partial charge in [0.1, 0.15) is 5.69 Å². The summed E-state index contributed by atoms with van der Waals surface area (Å²) in [5.74, 6) is -0.0121. The predicted molar refractivity (Wildman–Crippen MR) is 132 cm³/mol. The van der Waals surface area contributed by atoms with Gasteiger partial charge in [0.2, 0.25) is 0 Å². The minimum absolute atomic E-state index is 0.0121. The molecule has 33 heavy (non-hydrogen) atoms. The van der Waals surface area contributed by atoms with Gasteiger partial charge in [-0.2, -0.15) is 5.10 Å². The van der Waals surface area contributed by atoms with Crippen molar-refractivity contribution in [3.05, 3.63) is 65.2 Å². The third-order valence-electron chi connectivity index (χ3n) is 6.86. The molecule has 1 N–H and O–H groups in total. The van der Waals surface area contributed by atoms with Crippen molar-refractivity contribution in [2.24, 2.45) is 7.05 Å². The molecule has 0 saturated carbocycles. The molecule has 1 atom stereocenters. The molecule has 8 heteroatoms. The van der Waals surface area contributed by atoms with E-state index >= 15 is 0 Å². The fourth-order valence-corrected chi connectivity index (χ4v) is 5.95. The van der Waals surface area contributed by atoms with E-state index in [1.807, 2.05) is 23.9 Å². The van der Waals surface area contributed by atoms with Crippen molar-refractivity contribution in [2.75, 3.05) is 18.0 Å². The predicted octanol–water partition coefficient (Wildman–Crippen LogP) is 4.14. The number of amides is 1. The van der Waals surface area contributed by atoms with Crippen LogP contribution in [-0.4, -0.2) is 43.7 Å². The van der Waals surface area contributed by atoms with Crippen molar-refractivity contribution in [1.82, 2.24) is 24.0 Å². The molecule has 4 heterocycles. The third kappa shape index (κ3) is 4.17. The summed E-state index contributed by atoms with van der Waals surface area (Å²) in [6.07, 6.45) is 2.77. The Morgan fingerprint density at radius 3 is 2.82 bits per heavy atom. The molecule has 2 aliphatic heterocycles. The van der Waals surface area contributed by atoms with E-state index in [-0.39, 0.29) is 11.9 Å². The van der Waals surface area contributed by atoms with Gasteiger partial charge in [-0.1, -0.05) is 18.2 Å². The highest BCUT2D eigenvalue weighted by Crippen LogP contribution is 2.36. The SMILES string of the molecule is Cc1c(SN2CCn3nccc3C2)cc(C(=O)NC2CCN(C(C)C)c3ccccc32)n1C. The molecule has 0 aliphatic carbocycles. The topological polar surface area (TPSA) is 58.3 Å². The number of nitrogens with zero attached hydrogens (tertiary/aromatic N) is 5. The fourth-order valence-electron chi connectivity index (χ4n) is 4.87. The lowest BCUT2D eigenvalue weighted by atomic mass is 9.95. The molecule has 1 amide bonds. The van der Waals surface area contributed by atoms with E-state index in [2.05, 4.69) is 75.4 Å². The molecule has 5 rings (SSSR count). The number of hydrogen-bond donors (Lipinski definition) is 1. The van der Waals surface area contributed by atoms with Gasteiger partial charge in [0.05, 0.1) is 24.8 Å². The average Bonchev–Trinajstić information content (AvgIpc) is 3.39. The van der Waals surface area contributed by atoms with E-state index in [0.29, 0.717) is 11.7 Å². The normalized spacial score (nSPS) is 18.3. The molecule has 7 nitrogen and oxygen atoms in total. The summed E-state index contributed by atoms with van der Waals surface area (Å²) in [5, 5.41) is 7.69. The Morgan fingerprint density at radius 1 is 1.18 bits per heavy atom. The van der Waals surface area contributed by atoms with Crippen LogP contribution >= 0.6 is 11.9 Å². The minimum Gasteiger partial charge on any atom is -0.369 e. The molecule has 0 bridgehead atoms. The first-order valence-electron chi connectivity index (χ1n) is 11.7. The molecular formula is C25H32N6OS. The van der Waals surface area contributed by atoms with Crippen molar-refractivity contribution < 1.29 is 4.79 Å². The van der Waals surface area contributed by atoms with E-state index < -0.39 is 0 Å². The second kappa shape index (κ2) is 8.91. The molecule has 0 fully saturated rings. The van der Waals surface area contributed by atoms with Crippen LogP contribution in [0.2, 0.25) is 0 Å². The first-order valence-corrected chi connectivity index (χ1v) is 12.5. The summed E-state index contributed by atoms with van der Waals surface area (Å²) in [4.78, 5) is 16.9. The quantitative estimate of drug-likeness (QED) is 0.575. The van der Waals surface area contributed by atoms with E-state index in [0.717, 1.165) is 43.2 Å². The zero-order valence-electron chi connectivity index (χ0n) is 19.8. The highest BCUT2D eigenvalue weighted by atomic mass is 32.2. The number of carbonyl (C=O) groups is 1. The number of fused-ring (bicyclic) bond motifs is 2. The monoisotopic (exact) mass is 464 g/mol. The molecule has 174 valence electrons. The van der Waals surface area contributed by atoms with Crippen molar-refractivity contribution in [2.45, 2.75) is 57.3 Å². The molecule has 0 spiro atoms. The lowest BCUT2D eigenvalue weighted by Crippen LogP contribution is -2.41. The Bertz CT molecular complexity index is 1170. The number of rotatable bonds is 5. The zero-order valence-corrected chi connectivity index (χ0v) is 20.6. The number of nitrogens with one attached hydrogen (secondary N) is 1. The summed E-state index contributed by atoms with van der Waals surface area (Å²) in [5.41, 5.74) is 5.48. The van der Waals surface area contributed by atoms with Crippen LogP contribution in [0, 0.1) is 6.92 Å². The van der Waals surface area contributed by atoms with E-state index in [1.165, 1.54) is 16.9 Å². The maximum Gasteiger partial charge on any atom is 0.268 e. The van der Waals surface area contributed by atoms with Gasteiger partial charge in [-0.3, -0.25) is 9.48 Å². The van der Waals surface area contributed by atoms with E-state index in [9.17, 15) is 4.79 Å². The number of benzene rings is 1. The number of para-hydroxylation sites is 1. The van der Waals surface area contributed by atoms with Crippen molar-refractivity contribution in [3.63, 3.8) is 0 Å². The maximum absolute atomic E-state index is 13.4. The summed E-state index contributed by atoms with van der Waals surface area (Å²) in [6.45, 7) is 10.1. The zero-order chi connectivity index (χ0) is 23.1. The van der Waals surface area contributed by atoms with Crippen LogP contribution in [0.5, 0.6) is 0 Å². The van der Waals surface area contributed by atoms with Gasteiger partial charge in [-0.25, -0.2) is 4.31 Å². The van der Waals surface area contributed by atoms with Crippen molar-refractivity contribution >= 4 is 23.5 Å². The van der Waals surface area contributed by atoms with Crippen LogP contribution in [0.1, 0.15) is 53.7 Å². The summed E-state index contributed by atoms with van der Waals surface area (Å²) in [7, 11) is 1.98. The van der Waals surface area contributed by atoms with E-state index in [1.54, 1.807) is 11.9 Å². The van der Waals surface area contributed by atoms with Gasteiger partial charge < -0.3 is 14.8 Å². The Morgan fingerprint density at radius 2 is 2.00 bits per heavy atom. The van der Waals surface area contributed by atoms with Gasteiger partial charge in [-0.15, -0.1) is 0 Å². The molecule has 1 unspecified atom stereocenters. The Kier molecular flexibility index (Phi) is 5.97. The lowest BCUT2D eigenvalue weighted by Gasteiger charge is -2.38. The second-order valence-corrected chi connectivity index (χ2v) is 10.3. The number of carbonyl (C=O) groups excluding carboxylic acids is 1. The molecular weight excluding hydrogens is 432 g/mol. The highest BCUT2D eigenvalue weighted by Gasteiger charge is 2.29. The first kappa shape index (κ1) is 22.1. The molecule has 3 aromatic rings. The number of hydrogen-bond acceptors (Lipinski definition) is 5. The van der Waals surface area contributed by atoms with Crippen molar-refractivity contribution in [1.29, 1.82) is 0 Å². The Labute approximate surface area is 199 Å². The maximum atomic E-state index is 13.4. The van der Waals surface area contributed by atoms with Crippen LogP contribution in [0.4, 0.5) is 5.69 Å². The minimum atomic E-state index is -0.0121. The Hall–Kier alpha value is -2.71. The summed E-state index contributed by atoms with van der Waals surface area (Å²) in [6, 6.07) is 13.0. The van der Waals surface area contributed by atoms with Crippen LogP contribution in [-0.2, 0) is 20.1 Å². The van der Waals surface area contributed by atoms with Crippen LogP contribution in [0.3, 0.4) is 0 Å². The summed E-state index contributed by atoms with van der Waals surface area (Å²) < 4.78 is 6.43. The van der Waals surface area contributed by atoms with Gasteiger partial charge in [0.15, 0.2) is 0 Å². The van der Waals surface area contributed by atoms with E-state index in [4.69, 9.17) is 0 Å². The molecule has 0 radical (unpaired) electrons. The molecule has 1 aromatic carbocycles. The number of anilines is 1. The van der Waals surface area contributed by atoms with Crippen molar-refractivity contribution in [3.8, 4) is 0 Å². The van der Waals surface area contributed by atoms with Crippen LogP contribution < -0.4 is 10.2 Å². The molecule has 0 saturated heterocycles. The first-order chi connectivity index (χ1) is 15.9. The summed E-state index contributed by atoms with van der Waals surface area (Å²) >= 11 is 1.73. The lowest BCUT2D eigenvalue weighted by molar-refractivity contribution is 0.0925. The number of aromatic nitrogens is 3. The average molecular weight is 465 g/mol. The molecule has 2 aliphatic rings. The van der Waals surface area contributed by atoms with Gasteiger partial charge in [0, 0.05) is 48.7 Å². The van der Waals surface area contributed by atoms with Crippen LogP contribution in [0.15, 0.2) is 47.5 Å². The molecule has 2 aromatic heterocycles. The smallest absolute Gasteiger partial charge is 0.268 e.